The van der Waals surface area contributed by atoms with Crippen molar-refractivity contribution in [3.05, 3.63) is 0 Å². The number of nitrogens with zero attached hydrogens (tertiary/aromatic N) is 1. The Hall–Kier alpha value is -0.530. The average molecular weight is 284 g/mol. The van der Waals surface area contributed by atoms with Gasteiger partial charge in [-0.3, -0.25) is 4.79 Å². The zero-order chi connectivity index (χ0) is 15.5. The summed E-state index contributed by atoms with van der Waals surface area (Å²) >= 11 is 0. The molecule has 0 aliphatic rings. The van der Waals surface area contributed by atoms with Crippen LogP contribution in [-0.2, 0) is 4.79 Å². The van der Waals surface area contributed by atoms with Crippen LogP contribution in [0.4, 0.5) is 0 Å². The van der Waals surface area contributed by atoms with Crippen molar-refractivity contribution in [1.82, 2.24) is 4.90 Å². The van der Waals surface area contributed by atoms with Crippen molar-refractivity contribution in [3.63, 3.8) is 0 Å². The molecule has 0 fully saturated rings. The lowest BCUT2D eigenvalue weighted by atomic mass is 9.97. The predicted molar refractivity (Wildman–Crippen MR) is 88.8 cm³/mol. The summed E-state index contributed by atoms with van der Waals surface area (Å²) in [6, 6.07) is 0.410. The van der Waals surface area contributed by atoms with Crippen molar-refractivity contribution in [2.45, 2.75) is 92.5 Å². The second-order valence-corrected chi connectivity index (χ2v) is 6.58. The van der Waals surface area contributed by atoms with E-state index in [1.54, 1.807) is 0 Å². The summed E-state index contributed by atoms with van der Waals surface area (Å²) < 4.78 is 0. The van der Waals surface area contributed by atoms with Gasteiger partial charge in [0.05, 0.1) is 0 Å². The van der Waals surface area contributed by atoms with Crippen molar-refractivity contribution >= 4 is 5.91 Å². The van der Waals surface area contributed by atoms with Gasteiger partial charge in [0.1, 0.15) is 0 Å². The summed E-state index contributed by atoms with van der Waals surface area (Å²) in [6.07, 6.45) is 7.81. The summed E-state index contributed by atoms with van der Waals surface area (Å²) in [6.45, 7) is 14.2. The van der Waals surface area contributed by atoms with Gasteiger partial charge in [0.25, 0.3) is 0 Å². The number of carbonyl (C=O) groups excluding carboxylic acids is 1. The molecule has 2 nitrogen and oxygen atoms in total. The molecule has 0 radical (unpaired) electrons. The minimum absolute atomic E-state index is 0.372. The first-order valence-electron chi connectivity index (χ1n) is 8.77. The smallest absolute Gasteiger partial charge is 0.223 e. The normalized spacial score (nSPS) is 14.3. The van der Waals surface area contributed by atoms with E-state index in [2.05, 4.69) is 46.4 Å². The molecule has 0 aromatic heterocycles. The van der Waals surface area contributed by atoms with Crippen molar-refractivity contribution in [3.8, 4) is 0 Å². The van der Waals surface area contributed by atoms with E-state index < -0.39 is 0 Å². The molecule has 0 aromatic rings. The van der Waals surface area contributed by atoms with Crippen LogP contribution in [0.2, 0.25) is 0 Å². The second-order valence-electron chi connectivity index (χ2n) is 6.58. The fraction of sp³-hybridized carbons (Fsp3) is 0.944. The van der Waals surface area contributed by atoms with Gasteiger partial charge in [-0.1, -0.05) is 67.2 Å². The van der Waals surface area contributed by atoms with Crippen LogP contribution >= 0.6 is 0 Å². The van der Waals surface area contributed by atoms with Crippen LogP contribution in [0, 0.1) is 11.8 Å². The van der Waals surface area contributed by atoms with E-state index >= 15 is 0 Å². The van der Waals surface area contributed by atoms with Gasteiger partial charge < -0.3 is 4.90 Å². The molecular weight excluding hydrogens is 246 g/mol. The van der Waals surface area contributed by atoms with Crippen molar-refractivity contribution in [1.29, 1.82) is 0 Å². The Morgan fingerprint density at radius 2 is 1.60 bits per heavy atom. The van der Waals surface area contributed by atoms with E-state index in [1.165, 1.54) is 19.3 Å². The van der Waals surface area contributed by atoms with Gasteiger partial charge in [-0.2, -0.15) is 0 Å². The highest BCUT2D eigenvalue weighted by Gasteiger charge is 2.25. The number of carbonyl (C=O) groups is 1. The predicted octanol–water partition coefficient (Wildman–Crippen LogP) is 5.27. The monoisotopic (exact) mass is 283 g/mol. The van der Waals surface area contributed by atoms with Crippen molar-refractivity contribution in [2.75, 3.05) is 6.54 Å². The molecule has 0 bridgehead atoms. The number of hydrogen-bond acceptors (Lipinski definition) is 1. The number of unbranched alkanes of at least 4 members (excludes halogenated alkanes) is 3. The quantitative estimate of drug-likeness (QED) is 0.473. The van der Waals surface area contributed by atoms with Gasteiger partial charge in [-0.15, -0.1) is 0 Å². The highest BCUT2D eigenvalue weighted by Crippen LogP contribution is 2.19. The second kappa shape index (κ2) is 11.2. The standard InChI is InChI=1S/C18H37NO/c1-7-10-11-12-13-19(17(9-3)15(4)5)18(20)14-16(6)8-2/h15-17H,7-14H2,1-6H3/t16-,17?/m0/s1. The fourth-order valence-corrected chi connectivity index (χ4v) is 2.80. The molecule has 1 unspecified atom stereocenters. The van der Waals surface area contributed by atoms with Gasteiger partial charge >= 0.3 is 0 Å². The molecule has 120 valence electrons. The number of amides is 1. The molecule has 0 N–H and O–H groups in total. The van der Waals surface area contributed by atoms with E-state index in [1.807, 2.05) is 0 Å². The van der Waals surface area contributed by atoms with E-state index in [0.29, 0.717) is 30.2 Å². The maximum atomic E-state index is 12.6. The Kier molecular flexibility index (Phi) is 10.9. The summed E-state index contributed by atoms with van der Waals surface area (Å²) in [5.41, 5.74) is 0. The lowest BCUT2D eigenvalue weighted by molar-refractivity contribution is -0.135. The Morgan fingerprint density at radius 3 is 2.05 bits per heavy atom. The van der Waals surface area contributed by atoms with Crippen LogP contribution in [0.1, 0.15) is 86.5 Å². The minimum atomic E-state index is 0.372. The SMILES string of the molecule is CCCCCCN(C(=O)C[C@@H](C)CC)C(CC)C(C)C. The molecule has 2 heteroatoms. The molecule has 20 heavy (non-hydrogen) atoms. The van der Waals surface area contributed by atoms with E-state index in [4.69, 9.17) is 0 Å². The fourth-order valence-electron chi connectivity index (χ4n) is 2.80. The minimum Gasteiger partial charge on any atom is -0.339 e. The Morgan fingerprint density at radius 1 is 0.950 bits per heavy atom. The molecule has 0 aromatic carbocycles. The first-order chi connectivity index (χ1) is 9.47. The van der Waals surface area contributed by atoms with E-state index in [0.717, 1.165) is 25.8 Å². The maximum Gasteiger partial charge on any atom is 0.223 e. The molecular formula is C18H37NO. The molecule has 0 rings (SSSR count). The highest BCUT2D eigenvalue weighted by molar-refractivity contribution is 5.76. The molecule has 0 spiro atoms. The summed E-state index contributed by atoms with van der Waals surface area (Å²) in [4.78, 5) is 14.8. The topological polar surface area (TPSA) is 20.3 Å². The number of rotatable bonds is 11. The first kappa shape index (κ1) is 19.5. The van der Waals surface area contributed by atoms with Gasteiger partial charge in [-0.25, -0.2) is 0 Å². The molecule has 0 saturated heterocycles. The van der Waals surface area contributed by atoms with Gasteiger partial charge in [0.2, 0.25) is 5.91 Å². The third-order valence-electron chi connectivity index (χ3n) is 4.38. The third kappa shape index (κ3) is 7.31. The third-order valence-corrected chi connectivity index (χ3v) is 4.38. The molecule has 2 atom stereocenters. The summed E-state index contributed by atoms with van der Waals surface area (Å²) in [5.74, 6) is 1.42. The molecule has 0 saturated carbocycles. The zero-order valence-corrected chi connectivity index (χ0v) is 14.7. The molecule has 0 heterocycles. The van der Waals surface area contributed by atoms with Crippen LogP contribution < -0.4 is 0 Å². The molecule has 1 amide bonds. The molecule has 0 aliphatic carbocycles. The lowest BCUT2D eigenvalue weighted by Gasteiger charge is -2.35. The van der Waals surface area contributed by atoms with Crippen LogP contribution in [0.5, 0.6) is 0 Å². The van der Waals surface area contributed by atoms with Crippen molar-refractivity contribution < 1.29 is 4.79 Å². The Labute approximate surface area is 127 Å². The maximum absolute atomic E-state index is 12.6. The first-order valence-corrected chi connectivity index (χ1v) is 8.77. The lowest BCUT2D eigenvalue weighted by Crippen LogP contribution is -2.44. The van der Waals surface area contributed by atoms with Gasteiger partial charge in [0.15, 0.2) is 0 Å². The van der Waals surface area contributed by atoms with E-state index in [-0.39, 0.29) is 0 Å². The number of hydrogen-bond donors (Lipinski definition) is 0. The Bertz CT molecular complexity index is 250. The van der Waals surface area contributed by atoms with Crippen LogP contribution in [0.25, 0.3) is 0 Å². The van der Waals surface area contributed by atoms with Crippen molar-refractivity contribution in [2.24, 2.45) is 11.8 Å². The largest absolute Gasteiger partial charge is 0.339 e. The van der Waals surface area contributed by atoms with Gasteiger partial charge in [0, 0.05) is 19.0 Å². The summed E-state index contributed by atoms with van der Waals surface area (Å²) in [7, 11) is 0. The summed E-state index contributed by atoms with van der Waals surface area (Å²) in [5, 5.41) is 0. The van der Waals surface area contributed by atoms with Crippen LogP contribution in [-0.4, -0.2) is 23.4 Å². The average Bonchev–Trinajstić information content (AvgIpc) is 2.41. The van der Waals surface area contributed by atoms with Crippen LogP contribution in [0.3, 0.4) is 0 Å². The van der Waals surface area contributed by atoms with Gasteiger partial charge in [-0.05, 0) is 24.7 Å². The highest BCUT2D eigenvalue weighted by atomic mass is 16.2. The Balaban J connectivity index is 4.63. The van der Waals surface area contributed by atoms with E-state index in [9.17, 15) is 4.79 Å². The van der Waals surface area contributed by atoms with Crippen LogP contribution in [0.15, 0.2) is 0 Å². The molecule has 0 aliphatic heterocycles. The zero-order valence-electron chi connectivity index (χ0n) is 14.7.